The van der Waals surface area contributed by atoms with Crippen LogP contribution in [0.4, 0.5) is 0 Å². The molecule has 0 unspecified atom stereocenters. The van der Waals surface area contributed by atoms with Crippen LogP contribution in [-0.2, 0) is 20.1 Å². The van der Waals surface area contributed by atoms with Crippen molar-refractivity contribution in [2.75, 3.05) is 7.05 Å². The summed E-state index contributed by atoms with van der Waals surface area (Å²) >= 11 is 0. The number of rotatable bonds is 2. The second-order valence-corrected chi connectivity index (χ2v) is 2.20. The van der Waals surface area contributed by atoms with Crippen molar-refractivity contribution in [1.82, 2.24) is 0 Å². The molecule has 0 fully saturated rings. The van der Waals surface area contributed by atoms with Crippen molar-refractivity contribution in [3.05, 3.63) is 29.3 Å². The molecular formula is C9H8IrNO2-. The van der Waals surface area contributed by atoms with Crippen molar-refractivity contribution in [1.29, 1.82) is 0 Å². The van der Waals surface area contributed by atoms with E-state index in [0.717, 1.165) is 0 Å². The fourth-order valence-corrected chi connectivity index (χ4v) is 0.847. The zero-order valence-electron chi connectivity index (χ0n) is 6.95. The first-order valence-electron chi connectivity index (χ1n) is 3.40. The van der Waals surface area contributed by atoms with Crippen LogP contribution in [0.15, 0.2) is 17.1 Å². The Hall–Kier alpha value is -0.991. The standard InChI is InChI=1S/C9H8NO2.Ir/c1-10-5-7-3-2-4-8(6-11)9(7)12;/h2,4-6,12H,1H3;/q-1;. The smallest absolute Gasteiger partial charge is 0.135 e. The second-order valence-electron chi connectivity index (χ2n) is 2.20. The summed E-state index contributed by atoms with van der Waals surface area (Å²) in [6.45, 7) is 0. The SMILES string of the molecule is CN=Cc1[c-]ccc(C=O)c1O.[Ir]. The summed E-state index contributed by atoms with van der Waals surface area (Å²) in [5.41, 5.74) is 0.686. The van der Waals surface area contributed by atoms with Gasteiger partial charge in [-0.05, 0) is 11.8 Å². The number of phenolic OH excluding ortho intramolecular Hbond substituents is 1. The van der Waals surface area contributed by atoms with Gasteiger partial charge in [-0.15, -0.1) is 18.2 Å². The molecule has 0 amide bonds. The molecule has 0 aliphatic heterocycles. The summed E-state index contributed by atoms with van der Waals surface area (Å²) < 4.78 is 0. The van der Waals surface area contributed by atoms with Gasteiger partial charge < -0.3 is 10.1 Å². The molecule has 0 atom stereocenters. The third kappa shape index (κ3) is 2.76. The minimum atomic E-state index is -0.0712. The van der Waals surface area contributed by atoms with Gasteiger partial charge in [-0.1, -0.05) is 5.56 Å². The van der Waals surface area contributed by atoms with E-state index in [9.17, 15) is 9.90 Å². The Morgan fingerprint density at radius 3 is 2.85 bits per heavy atom. The molecule has 1 aromatic carbocycles. The van der Waals surface area contributed by atoms with Crippen LogP contribution in [0.5, 0.6) is 5.75 Å². The molecule has 1 rings (SSSR count). The first-order valence-corrected chi connectivity index (χ1v) is 3.40. The molecule has 0 saturated heterocycles. The molecule has 0 aromatic heterocycles. The molecule has 1 N–H and O–H groups in total. The Morgan fingerprint density at radius 1 is 1.62 bits per heavy atom. The van der Waals surface area contributed by atoms with E-state index < -0.39 is 0 Å². The maximum Gasteiger partial charge on any atom is 0.135 e. The van der Waals surface area contributed by atoms with Gasteiger partial charge in [0.2, 0.25) is 0 Å². The van der Waals surface area contributed by atoms with Crippen LogP contribution in [0.3, 0.4) is 0 Å². The summed E-state index contributed by atoms with van der Waals surface area (Å²) in [5.74, 6) is -0.0712. The van der Waals surface area contributed by atoms with E-state index in [2.05, 4.69) is 11.1 Å². The van der Waals surface area contributed by atoms with Crippen LogP contribution in [0.25, 0.3) is 0 Å². The fourth-order valence-electron chi connectivity index (χ4n) is 0.847. The first kappa shape index (κ1) is 12.0. The predicted molar refractivity (Wildman–Crippen MR) is 45.8 cm³/mol. The van der Waals surface area contributed by atoms with Crippen LogP contribution in [0.1, 0.15) is 15.9 Å². The van der Waals surface area contributed by atoms with Crippen LogP contribution in [0.2, 0.25) is 0 Å². The number of nitrogens with zero attached hydrogens (tertiary/aromatic N) is 1. The molecule has 4 heteroatoms. The minimum absolute atomic E-state index is 0. The maximum atomic E-state index is 10.4. The Bertz CT molecular complexity index is 323. The molecule has 1 aromatic rings. The largest absolute Gasteiger partial charge is 0.551 e. The monoisotopic (exact) mass is 355 g/mol. The Labute approximate surface area is 89.9 Å². The quantitative estimate of drug-likeness (QED) is 0.490. The van der Waals surface area contributed by atoms with Crippen molar-refractivity contribution >= 4 is 12.5 Å². The van der Waals surface area contributed by atoms with Crippen LogP contribution < -0.4 is 0 Å². The van der Waals surface area contributed by atoms with E-state index in [1.54, 1.807) is 13.1 Å². The van der Waals surface area contributed by atoms with Crippen LogP contribution in [-0.4, -0.2) is 24.7 Å². The molecule has 1 radical (unpaired) electrons. The second kappa shape index (κ2) is 5.62. The molecule has 0 aliphatic rings. The molecule has 13 heavy (non-hydrogen) atoms. The zero-order chi connectivity index (χ0) is 8.97. The molecular weight excluding hydrogens is 346 g/mol. The number of benzene rings is 1. The average molecular weight is 354 g/mol. The Balaban J connectivity index is 0.00000144. The van der Waals surface area contributed by atoms with Crippen molar-refractivity contribution in [3.63, 3.8) is 0 Å². The molecule has 0 bridgehead atoms. The molecule has 0 spiro atoms. The molecule has 71 valence electrons. The van der Waals surface area contributed by atoms with Gasteiger partial charge in [0.05, 0.1) is 0 Å². The summed E-state index contributed by atoms with van der Waals surface area (Å²) in [6, 6.07) is 5.82. The van der Waals surface area contributed by atoms with Crippen molar-refractivity contribution in [2.45, 2.75) is 0 Å². The van der Waals surface area contributed by atoms with Gasteiger partial charge in [0.25, 0.3) is 0 Å². The Morgan fingerprint density at radius 2 is 2.31 bits per heavy atom. The van der Waals surface area contributed by atoms with Gasteiger partial charge in [0, 0.05) is 32.9 Å². The van der Waals surface area contributed by atoms with Gasteiger partial charge in [-0.2, -0.15) is 0 Å². The maximum absolute atomic E-state index is 10.4. The number of carbonyl (C=O) groups is 1. The van der Waals surface area contributed by atoms with Crippen LogP contribution in [0, 0.1) is 6.07 Å². The van der Waals surface area contributed by atoms with Crippen LogP contribution >= 0.6 is 0 Å². The summed E-state index contributed by atoms with van der Waals surface area (Å²) in [6.07, 6.45) is 2.04. The van der Waals surface area contributed by atoms with E-state index in [-0.39, 0.29) is 31.4 Å². The van der Waals surface area contributed by atoms with Gasteiger partial charge in [-0.3, -0.25) is 4.79 Å². The van der Waals surface area contributed by atoms with Gasteiger partial charge in [0.1, 0.15) is 6.29 Å². The number of phenols is 1. The summed E-state index contributed by atoms with van der Waals surface area (Å²) in [5, 5.41) is 9.37. The topological polar surface area (TPSA) is 49.7 Å². The van der Waals surface area contributed by atoms with E-state index in [1.807, 2.05) is 0 Å². The number of hydrogen-bond donors (Lipinski definition) is 1. The van der Waals surface area contributed by atoms with Gasteiger partial charge in [-0.25, -0.2) is 0 Å². The summed E-state index contributed by atoms with van der Waals surface area (Å²) in [7, 11) is 1.58. The number of carbonyl (C=O) groups excluding carboxylic acids is 1. The fraction of sp³-hybridized carbons (Fsp3) is 0.111. The third-order valence-corrected chi connectivity index (χ3v) is 1.42. The molecule has 0 heterocycles. The van der Waals surface area contributed by atoms with Crippen molar-refractivity contribution < 1.29 is 30.0 Å². The normalized spacial score (nSPS) is 9.62. The van der Waals surface area contributed by atoms with E-state index in [1.165, 1.54) is 12.3 Å². The molecule has 3 nitrogen and oxygen atoms in total. The van der Waals surface area contributed by atoms with E-state index >= 15 is 0 Å². The van der Waals surface area contributed by atoms with Gasteiger partial charge >= 0.3 is 0 Å². The predicted octanol–water partition coefficient (Wildman–Crippen LogP) is 1.05. The number of aromatic hydroxyl groups is 1. The van der Waals surface area contributed by atoms with E-state index in [0.29, 0.717) is 11.8 Å². The van der Waals surface area contributed by atoms with Crippen molar-refractivity contribution in [3.8, 4) is 5.75 Å². The average Bonchev–Trinajstić information content (AvgIpc) is 2.09. The molecule has 0 saturated carbocycles. The summed E-state index contributed by atoms with van der Waals surface area (Å²) in [4.78, 5) is 14.1. The number of hydrogen-bond acceptors (Lipinski definition) is 3. The third-order valence-electron chi connectivity index (χ3n) is 1.42. The Kier molecular flexibility index (Phi) is 5.19. The minimum Gasteiger partial charge on any atom is -0.551 e. The van der Waals surface area contributed by atoms with Gasteiger partial charge in [0.15, 0.2) is 0 Å². The van der Waals surface area contributed by atoms with E-state index in [4.69, 9.17) is 0 Å². The van der Waals surface area contributed by atoms with Crippen molar-refractivity contribution in [2.24, 2.45) is 4.99 Å². The number of aldehydes is 1. The first-order chi connectivity index (χ1) is 5.79. The molecule has 0 aliphatic carbocycles. The number of aliphatic imine (C=N–C) groups is 1. The zero-order valence-corrected chi connectivity index (χ0v) is 9.34.